The summed E-state index contributed by atoms with van der Waals surface area (Å²) >= 11 is 0. The predicted molar refractivity (Wildman–Crippen MR) is 56.8 cm³/mol. The van der Waals surface area contributed by atoms with Crippen molar-refractivity contribution in [2.24, 2.45) is 5.92 Å². The van der Waals surface area contributed by atoms with E-state index in [-0.39, 0.29) is 0 Å². The van der Waals surface area contributed by atoms with Crippen molar-refractivity contribution in [3.8, 4) is 0 Å². The summed E-state index contributed by atoms with van der Waals surface area (Å²) in [6, 6.07) is 0.997. The number of fused-ring (bicyclic) bond motifs is 1. The van der Waals surface area contributed by atoms with Crippen LogP contribution in [0.3, 0.4) is 0 Å². The molecule has 1 saturated carbocycles. The minimum atomic E-state index is 0.997. The molecule has 2 aliphatic rings. The van der Waals surface area contributed by atoms with Crippen LogP contribution in [0.5, 0.6) is 0 Å². The van der Waals surface area contributed by atoms with Gasteiger partial charge in [0.1, 0.15) is 0 Å². The van der Waals surface area contributed by atoms with Crippen LogP contribution in [0.25, 0.3) is 0 Å². The fourth-order valence-electron chi connectivity index (χ4n) is 3.17. The minimum Gasteiger partial charge on any atom is -0.300 e. The molecule has 2 atom stereocenters. The van der Waals surface area contributed by atoms with Crippen LogP contribution < -0.4 is 0 Å². The van der Waals surface area contributed by atoms with Crippen LogP contribution in [0.4, 0.5) is 0 Å². The summed E-state index contributed by atoms with van der Waals surface area (Å²) in [5.74, 6) is 1.08. The van der Waals surface area contributed by atoms with Crippen molar-refractivity contribution in [1.29, 1.82) is 0 Å². The van der Waals surface area contributed by atoms with E-state index < -0.39 is 0 Å². The summed E-state index contributed by atoms with van der Waals surface area (Å²) in [4.78, 5) is 2.77. The Morgan fingerprint density at radius 1 is 1.15 bits per heavy atom. The van der Waals surface area contributed by atoms with Crippen molar-refractivity contribution < 1.29 is 0 Å². The zero-order valence-electron chi connectivity index (χ0n) is 8.97. The molecule has 1 saturated heterocycles. The molecule has 76 valence electrons. The Kier molecular flexibility index (Phi) is 3.26. The zero-order valence-corrected chi connectivity index (χ0v) is 8.97. The molecule has 0 amide bonds. The summed E-state index contributed by atoms with van der Waals surface area (Å²) in [7, 11) is 0. The number of unbranched alkanes of at least 4 members (excludes halogenated alkanes) is 2. The Bertz CT molecular complexity index is 155. The van der Waals surface area contributed by atoms with Crippen molar-refractivity contribution in [1.82, 2.24) is 4.90 Å². The second-order valence-electron chi connectivity index (χ2n) is 4.79. The van der Waals surface area contributed by atoms with Crippen LogP contribution in [0.2, 0.25) is 0 Å². The van der Waals surface area contributed by atoms with E-state index in [1.54, 1.807) is 0 Å². The number of nitrogens with zero attached hydrogens (tertiary/aromatic N) is 1. The fourth-order valence-corrected chi connectivity index (χ4v) is 3.17. The fraction of sp³-hybridized carbons (Fsp3) is 1.00. The van der Waals surface area contributed by atoms with Gasteiger partial charge < -0.3 is 4.90 Å². The van der Waals surface area contributed by atoms with Crippen molar-refractivity contribution in [2.45, 2.75) is 57.9 Å². The SMILES string of the molecule is CCCCCN1CCC2CCCC21. The first kappa shape index (κ1) is 9.51. The van der Waals surface area contributed by atoms with Gasteiger partial charge in [0.05, 0.1) is 0 Å². The van der Waals surface area contributed by atoms with Gasteiger partial charge in [0.15, 0.2) is 0 Å². The molecule has 2 fully saturated rings. The van der Waals surface area contributed by atoms with E-state index in [0.29, 0.717) is 0 Å². The van der Waals surface area contributed by atoms with Crippen molar-refractivity contribution >= 4 is 0 Å². The highest BCUT2D eigenvalue weighted by molar-refractivity contribution is 4.91. The summed E-state index contributed by atoms with van der Waals surface area (Å²) in [6.07, 6.45) is 10.2. The monoisotopic (exact) mass is 181 g/mol. The molecule has 2 rings (SSSR count). The molecule has 0 bridgehead atoms. The smallest absolute Gasteiger partial charge is 0.0124 e. The van der Waals surface area contributed by atoms with Crippen molar-refractivity contribution in [3.05, 3.63) is 0 Å². The normalized spacial score (nSPS) is 33.9. The first-order chi connectivity index (χ1) is 6.42. The number of rotatable bonds is 4. The largest absolute Gasteiger partial charge is 0.300 e. The molecule has 2 unspecified atom stereocenters. The van der Waals surface area contributed by atoms with E-state index in [1.807, 2.05) is 0 Å². The van der Waals surface area contributed by atoms with Gasteiger partial charge in [-0.1, -0.05) is 26.2 Å². The Balaban J connectivity index is 1.74. The molecule has 1 heteroatoms. The summed E-state index contributed by atoms with van der Waals surface area (Å²) in [6.45, 7) is 5.08. The maximum absolute atomic E-state index is 2.77. The van der Waals surface area contributed by atoms with E-state index >= 15 is 0 Å². The minimum absolute atomic E-state index is 0.997. The van der Waals surface area contributed by atoms with Gasteiger partial charge in [0.2, 0.25) is 0 Å². The summed E-state index contributed by atoms with van der Waals surface area (Å²) < 4.78 is 0. The summed E-state index contributed by atoms with van der Waals surface area (Å²) in [5, 5.41) is 0. The lowest BCUT2D eigenvalue weighted by atomic mass is 10.0. The van der Waals surface area contributed by atoms with Gasteiger partial charge >= 0.3 is 0 Å². The zero-order chi connectivity index (χ0) is 9.10. The highest BCUT2D eigenvalue weighted by Crippen LogP contribution is 2.37. The van der Waals surface area contributed by atoms with Crippen LogP contribution in [0.15, 0.2) is 0 Å². The van der Waals surface area contributed by atoms with Crippen LogP contribution in [-0.4, -0.2) is 24.0 Å². The lowest BCUT2D eigenvalue weighted by molar-refractivity contribution is 0.236. The molecule has 0 N–H and O–H groups in total. The maximum Gasteiger partial charge on any atom is 0.0124 e. The molecule has 1 nitrogen and oxygen atoms in total. The molecular weight excluding hydrogens is 158 g/mol. The Hall–Kier alpha value is -0.0400. The molecule has 1 aliphatic carbocycles. The Morgan fingerprint density at radius 3 is 2.92 bits per heavy atom. The maximum atomic E-state index is 2.77. The first-order valence-electron chi connectivity index (χ1n) is 6.16. The number of hydrogen-bond acceptors (Lipinski definition) is 1. The molecule has 0 radical (unpaired) electrons. The first-order valence-corrected chi connectivity index (χ1v) is 6.16. The third-order valence-corrected chi connectivity index (χ3v) is 3.92. The highest BCUT2D eigenvalue weighted by Gasteiger charge is 2.36. The third kappa shape index (κ3) is 2.07. The highest BCUT2D eigenvalue weighted by atomic mass is 15.2. The topological polar surface area (TPSA) is 3.24 Å². The van der Waals surface area contributed by atoms with E-state index in [4.69, 9.17) is 0 Å². The van der Waals surface area contributed by atoms with Crippen molar-refractivity contribution in [3.63, 3.8) is 0 Å². The van der Waals surface area contributed by atoms with Gasteiger partial charge in [-0.3, -0.25) is 0 Å². The van der Waals surface area contributed by atoms with Gasteiger partial charge in [0.25, 0.3) is 0 Å². The quantitative estimate of drug-likeness (QED) is 0.603. The van der Waals surface area contributed by atoms with Crippen molar-refractivity contribution in [2.75, 3.05) is 13.1 Å². The molecule has 1 aliphatic heterocycles. The molecule has 0 aromatic rings. The molecule has 0 aromatic heterocycles. The number of likely N-dealkylation sites (tertiary alicyclic amines) is 1. The van der Waals surface area contributed by atoms with Gasteiger partial charge in [-0.2, -0.15) is 0 Å². The average molecular weight is 181 g/mol. The van der Waals surface area contributed by atoms with Crippen LogP contribution in [0.1, 0.15) is 51.9 Å². The lowest BCUT2D eigenvalue weighted by Gasteiger charge is -2.23. The van der Waals surface area contributed by atoms with Crippen LogP contribution in [-0.2, 0) is 0 Å². The average Bonchev–Trinajstić information content (AvgIpc) is 2.68. The molecule has 0 aromatic carbocycles. The van der Waals surface area contributed by atoms with Crippen LogP contribution >= 0.6 is 0 Å². The Morgan fingerprint density at radius 2 is 2.08 bits per heavy atom. The van der Waals surface area contributed by atoms with E-state index in [2.05, 4.69) is 11.8 Å². The van der Waals surface area contributed by atoms with Gasteiger partial charge in [-0.25, -0.2) is 0 Å². The second kappa shape index (κ2) is 4.45. The van der Waals surface area contributed by atoms with Gasteiger partial charge in [0, 0.05) is 6.04 Å². The van der Waals surface area contributed by atoms with Gasteiger partial charge in [-0.15, -0.1) is 0 Å². The molecular formula is C12H23N. The summed E-state index contributed by atoms with van der Waals surface area (Å²) in [5.41, 5.74) is 0. The Labute approximate surface area is 82.5 Å². The van der Waals surface area contributed by atoms with Crippen LogP contribution in [0, 0.1) is 5.92 Å². The standard InChI is InChI=1S/C12H23N/c1-2-3-4-9-13-10-8-11-6-5-7-12(11)13/h11-12H,2-10H2,1H3. The van der Waals surface area contributed by atoms with E-state index in [1.165, 1.54) is 58.0 Å². The molecule has 1 heterocycles. The lowest BCUT2D eigenvalue weighted by Crippen LogP contribution is -2.30. The predicted octanol–water partition coefficient (Wildman–Crippen LogP) is 3.05. The number of hydrogen-bond donors (Lipinski definition) is 0. The van der Waals surface area contributed by atoms with E-state index in [0.717, 1.165) is 12.0 Å². The van der Waals surface area contributed by atoms with E-state index in [9.17, 15) is 0 Å². The second-order valence-corrected chi connectivity index (χ2v) is 4.79. The van der Waals surface area contributed by atoms with Gasteiger partial charge in [-0.05, 0) is 44.7 Å². The third-order valence-electron chi connectivity index (χ3n) is 3.92. The molecule has 0 spiro atoms. The molecule has 13 heavy (non-hydrogen) atoms.